The summed E-state index contributed by atoms with van der Waals surface area (Å²) in [7, 11) is 0. The van der Waals surface area contributed by atoms with Gasteiger partial charge in [0.2, 0.25) is 0 Å². The van der Waals surface area contributed by atoms with Crippen molar-refractivity contribution in [3.05, 3.63) is 34.0 Å². The molecule has 0 radical (unpaired) electrons. The van der Waals surface area contributed by atoms with Crippen molar-refractivity contribution in [2.75, 3.05) is 0 Å². The summed E-state index contributed by atoms with van der Waals surface area (Å²) in [5.74, 6) is -1.20. The van der Waals surface area contributed by atoms with Gasteiger partial charge in [0.1, 0.15) is 5.76 Å². The van der Waals surface area contributed by atoms with Gasteiger partial charge in [-0.2, -0.15) is 0 Å². The number of furan rings is 1. The fraction of sp³-hybridized carbons (Fsp3) is 0.111. The molecule has 5 heteroatoms. The topological polar surface area (TPSA) is 13.1 Å². The summed E-state index contributed by atoms with van der Waals surface area (Å²) in [6, 6.07) is 2.53. The lowest BCUT2D eigenvalue weighted by molar-refractivity contribution is 0.513. The number of hydrogen-bond donors (Lipinski definition) is 0. The van der Waals surface area contributed by atoms with Gasteiger partial charge in [0, 0.05) is 0 Å². The number of halogens is 4. The molecule has 74 valence electrons. The molecule has 0 fully saturated rings. The maximum absolute atomic E-state index is 13.3. The molecule has 2 aromatic rings. The van der Waals surface area contributed by atoms with Crippen LogP contribution in [0.1, 0.15) is 5.76 Å². The summed E-state index contributed by atoms with van der Waals surface area (Å²) >= 11 is 6.29. The maximum Gasteiger partial charge on any atom is 0.169 e. The van der Waals surface area contributed by atoms with Crippen molar-refractivity contribution >= 4 is 42.8 Å². The summed E-state index contributed by atoms with van der Waals surface area (Å²) in [6.45, 7) is 0. The van der Waals surface area contributed by atoms with Crippen molar-refractivity contribution < 1.29 is 13.2 Å². The average Bonchev–Trinajstić information content (AvgIpc) is 2.58. The summed E-state index contributed by atoms with van der Waals surface area (Å²) in [4.78, 5) is 0. The van der Waals surface area contributed by atoms with E-state index in [0.29, 0.717) is 21.1 Å². The Kier molecular flexibility index (Phi) is 2.62. The van der Waals surface area contributed by atoms with Crippen LogP contribution in [0.2, 0.25) is 0 Å². The Morgan fingerprint density at radius 2 is 2.00 bits per heavy atom. The summed E-state index contributed by atoms with van der Waals surface area (Å²) in [6.07, 6.45) is 0. The predicted molar refractivity (Wildman–Crippen MR) is 56.5 cm³/mol. The number of hydrogen-bond acceptors (Lipinski definition) is 1. The standard InChI is InChI=1S/C9H4Br2F2O/c10-3-4-1-5-8(13)7(12)2-6(11)9(5)14-4/h1-2H,3H2. The Bertz CT molecular complexity index is 493. The van der Waals surface area contributed by atoms with Crippen LogP contribution in [0.25, 0.3) is 11.0 Å². The molecule has 1 nitrogen and oxygen atoms in total. The normalized spacial score (nSPS) is 11.1. The molecule has 1 aromatic heterocycles. The Labute approximate surface area is 95.3 Å². The minimum absolute atomic E-state index is 0.159. The summed E-state index contributed by atoms with van der Waals surface area (Å²) < 4.78 is 31.9. The Morgan fingerprint density at radius 3 is 2.64 bits per heavy atom. The lowest BCUT2D eigenvalue weighted by Crippen LogP contribution is -1.83. The van der Waals surface area contributed by atoms with Gasteiger partial charge >= 0.3 is 0 Å². The maximum atomic E-state index is 13.3. The molecule has 0 aliphatic heterocycles. The van der Waals surface area contributed by atoms with Gasteiger partial charge in [-0.3, -0.25) is 0 Å². The molecule has 0 spiro atoms. The number of fused-ring (bicyclic) bond motifs is 1. The fourth-order valence-corrected chi connectivity index (χ4v) is 1.99. The summed E-state index contributed by atoms with van der Waals surface area (Å²) in [5.41, 5.74) is 0.332. The third-order valence-corrected chi connectivity index (χ3v) is 2.97. The van der Waals surface area contributed by atoms with Crippen LogP contribution >= 0.6 is 31.9 Å². The largest absolute Gasteiger partial charge is 0.459 e. The third kappa shape index (κ3) is 1.48. The van der Waals surface area contributed by atoms with Crippen molar-refractivity contribution in [1.82, 2.24) is 0 Å². The van der Waals surface area contributed by atoms with Gasteiger partial charge in [-0.1, -0.05) is 15.9 Å². The molecule has 0 saturated heterocycles. The molecule has 0 saturated carbocycles. The highest BCUT2D eigenvalue weighted by molar-refractivity contribution is 9.10. The van der Waals surface area contributed by atoms with E-state index in [1.54, 1.807) is 0 Å². The first-order chi connectivity index (χ1) is 6.63. The molecule has 0 N–H and O–H groups in total. The second-order valence-electron chi connectivity index (χ2n) is 2.74. The molecule has 1 aromatic carbocycles. The van der Waals surface area contributed by atoms with E-state index < -0.39 is 11.6 Å². The van der Waals surface area contributed by atoms with Gasteiger partial charge in [-0.05, 0) is 28.1 Å². The first-order valence-electron chi connectivity index (χ1n) is 3.75. The van der Waals surface area contributed by atoms with Crippen molar-refractivity contribution in [3.8, 4) is 0 Å². The van der Waals surface area contributed by atoms with Crippen LogP contribution in [-0.4, -0.2) is 0 Å². The van der Waals surface area contributed by atoms with Crippen LogP contribution in [0.3, 0.4) is 0 Å². The lowest BCUT2D eigenvalue weighted by atomic mass is 10.2. The van der Waals surface area contributed by atoms with Gasteiger partial charge in [0.05, 0.1) is 15.2 Å². The molecule has 14 heavy (non-hydrogen) atoms. The first kappa shape index (κ1) is 10.1. The second-order valence-corrected chi connectivity index (χ2v) is 4.16. The van der Waals surface area contributed by atoms with Crippen LogP contribution in [0, 0.1) is 11.6 Å². The molecule has 0 unspecified atom stereocenters. The van der Waals surface area contributed by atoms with E-state index in [-0.39, 0.29) is 5.39 Å². The van der Waals surface area contributed by atoms with Crippen LogP contribution in [0.15, 0.2) is 21.0 Å². The van der Waals surface area contributed by atoms with Crippen molar-refractivity contribution in [1.29, 1.82) is 0 Å². The van der Waals surface area contributed by atoms with E-state index in [4.69, 9.17) is 4.42 Å². The van der Waals surface area contributed by atoms with E-state index in [1.807, 2.05) is 0 Å². The van der Waals surface area contributed by atoms with Crippen LogP contribution < -0.4 is 0 Å². The zero-order chi connectivity index (χ0) is 10.3. The van der Waals surface area contributed by atoms with Gasteiger partial charge in [0.25, 0.3) is 0 Å². The Balaban J connectivity index is 2.84. The van der Waals surface area contributed by atoms with Crippen LogP contribution in [0.4, 0.5) is 8.78 Å². The third-order valence-electron chi connectivity index (χ3n) is 1.83. The quantitative estimate of drug-likeness (QED) is 0.560. The molecule has 0 aliphatic carbocycles. The highest BCUT2D eigenvalue weighted by Gasteiger charge is 2.15. The fourth-order valence-electron chi connectivity index (χ4n) is 1.22. The van der Waals surface area contributed by atoms with E-state index in [1.165, 1.54) is 6.07 Å². The monoisotopic (exact) mass is 324 g/mol. The highest BCUT2D eigenvalue weighted by atomic mass is 79.9. The molecular formula is C9H4Br2F2O. The van der Waals surface area contributed by atoms with E-state index in [9.17, 15) is 8.78 Å². The van der Waals surface area contributed by atoms with Crippen molar-refractivity contribution in [2.45, 2.75) is 5.33 Å². The number of benzene rings is 1. The molecule has 0 amide bonds. The second kappa shape index (κ2) is 3.62. The zero-order valence-corrected chi connectivity index (χ0v) is 9.95. The van der Waals surface area contributed by atoms with Gasteiger partial charge < -0.3 is 4.42 Å². The predicted octanol–water partition coefficient (Wildman–Crippen LogP) is 4.37. The van der Waals surface area contributed by atoms with Crippen LogP contribution in [-0.2, 0) is 5.33 Å². The minimum atomic E-state index is -0.883. The molecule has 1 heterocycles. The van der Waals surface area contributed by atoms with Crippen molar-refractivity contribution in [3.63, 3.8) is 0 Å². The van der Waals surface area contributed by atoms with E-state index >= 15 is 0 Å². The molecule has 0 atom stereocenters. The number of alkyl halides is 1. The highest BCUT2D eigenvalue weighted by Crippen LogP contribution is 2.31. The molecule has 0 bridgehead atoms. The zero-order valence-electron chi connectivity index (χ0n) is 6.78. The van der Waals surface area contributed by atoms with Crippen LogP contribution in [0.5, 0.6) is 0 Å². The van der Waals surface area contributed by atoms with E-state index in [0.717, 1.165) is 6.07 Å². The minimum Gasteiger partial charge on any atom is -0.459 e. The molecule has 2 rings (SSSR count). The van der Waals surface area contributed by atoms with Gasteiger partial charge in [0.15, 0.2) is 17.2 Å². The Hall–Kier alpha value is -0.420. The first-order valence-corrected chi connectivity index (χ1v) is 5.67. The summed E-state index contributed by atoms with van der Waals surface area (Å²) in [5, 5.41) is 0.626. The molecular weight excluding hydrogens is 322 g/mol. The van der Waals surface area contributed by atoms with Gasteiger partial charge in [-0.25, -0.2) is 8.78 Å². The van der Waals surface area contributed by atoms with Crippen molar-refractivity contribution in [2.24, 2.45) is 0 Å². The Morgan fingerprint density at radius 1 is 1.29 bits per heavy atom. The van der Waals surface area contributed by atoms with Gasteiger partial charge in [-0.15, -0.1) is 0 Å². The SMILES string of the molecule is Fc1cc(Br)c2oc(CBr)cc2c1F. The lowest BCUT2D eigenvalue weighted by Gasteiger charge is -1.95. The number of rotatable bonds is 1. The molecule has 0 aliphatic rings. The smallest absolute Gasteiger partial charge is 0.169 e. The average molecular weight is 326 g/mol. The van der Waals surface area contributed by atoms with E-state index in [2.05, 4.69) is 31.9 Å².